The second-order valence-electron chi connectivity index (χ2n) is 4.94. The molecule has 0 fully saturated rings. The van der Waals surface area contributed by atoms with Crippen LogP contribution in [0.25, 0.3) is 0 Å². The molecule has 0 aromatic heterocycles. The maximum Gasteiger partial charge on any atom is 0.328 e. The fourth-order valence-corrected chi connectivity index (χ4v) is 1.67. The first-order valence-electron chi connectivity index (χ1n) is 6.56. The van der Waals surface area contributed by atoms with E-state index in [-0.39, 0.29) is 24.7 Å². The average molecular weight is 302 g/mol. The van der Waals surface area contributed by atoms with Crippen LogP contribution in [0, 0.1) is 5.92 Å². The third kappa shape index (κ3) is 7.28. The van der Waals surface area contributed by atoms with Gasteiger partial charge in [-0.2, -0.15) is 0 Å². The van der Waals surface area contributed by atoms with Gasteiger partial charge in [-0.1, -0.05) is 13.8 Å². The highest BCUT2D eigenvalue weighted by atomic mass is 16.5. The maximum absolute atomic E-state index is 12.1. The predicted molar refractivity (Wildman–Crippen MR) is 73.3 cm³/mol. The zero-order valence-electron chi connectivity index (χ0n) is 12.6. The first-order valence-corrected chi connectivity index (χ1v) is 6.56. The number of aliphatic carboxylic acids is 1. The first-order chi connectivity index (χ1) is 9.68. The standard InChI is InChI=1S/C13H22N2O6/c1-7(2)11(14-8(3)16)12(19)15-9(13(20)21-4)5-6-10(17)18/h7,9,11H,5-6H2,1-4H3,(H,14,16)(H,15,19)(H,17,18)/t9-,11+/m1/s1. The van der Waals surface area contributed by atoms with Crippen LogP contribution >= 0.6 is 0 Å². The minimum Gasteiger partial charge on any atom is -0.481 e. The van der Waals surface area contributed by atoms with Gasteiger partial charge in [0.25, 0.3) is 0 Å². The van der Waals surface area contributed by atoms with Crippen LogP contribution in [-0.4, -0.2) is 48.1 Å². The van der Waals surface area contributed by atoms with Crippen molar-refractivity contribution < 1.29 is 29.0 Å². The van der Waals surface area contributed by atoms with E-state index in [4.69, 9.17) is 5.11 Å². The molecular weight excluding hydrogens is 280 g/mol. The average Bonchev–Trinajstić information content (AvgIpc) is 2.38. The smallest absolute Gasteiger partial charge is 0.328 e. The number of nitrogens with one attached hydrogen (secondary N) is 2. The van der Waals surface area contributed by atoms with Gasteiger partial charge in [0.1, 0.15) is 12.1 Å². The van der Waals surface area contributed by atoms with Gasteiger partial charge in [0, 0.05) is 13.3 Å². The van der Waals surface area contributed by atoms with E-state index in [0.29, 0.717) is 0 Å². The lowest BCUT2D eigenvalue weighted by Crippen LogP contribution is -2.53. The Morgan fingerprint density at radius 1 is 1.14 bits per heavy atom. The fourth-order valence-electron chi connectivity index (χ4n) is 1.67. The lowest BCUT2D eigenvalue weighted by molar-refractivity contribution is -0.146. The highest BCUT2D eigenvalue weighted by Gasteiger charge is 2.28. The second kappa shape index (κ2) is 8.93. The molecule has 0 aliphatic carbocycles. The van der Waals surface area contributed by atoms with E-state index in [1.54, 1.807) is 13.8 Å². The van der Waals surface area contributed by atoms with Crippen LogP contribution in [0.1, 0.15) is 33.6 Å². The largest absolute Gasteiger partial charge is 0.481 e. The molecule has 120 valence electrons. The van der Waals surface area contributed by atoms with E-state index < -0.39 is 29.9 Å². The number of esters is 1. The summed E-state index contributed by atoms with van der Waals surface area (Å²) in [5, 5.41) is 13.6. The van der Waals surface area contributed by atoms with Gasteiger partial charge in [-0.25, -0.2) is 4.79 Å². The summed E-state index contributed by atoms with van der Waals surface area (Å²) in [6.07, 6.45) is -0.370. The summed E-state index contributed by atoms with van der Waals surface area (Å²) in [5.41, 5.74) is 0. The van der Waals surface area contributed by atoms with Gasteiger partial charge < -0.3 is 20.5 Å². The van der Waals surface area contributed by atoms with Crippen LogP contribution in [0.15, 0.2) is 0 Å². The van der Waals surface area contributed by atoms with Gasteiger partial charge in [-0.05, 0) is 12.3 Å². The van der Waals surface area contributed by atoms with E-state index in [1.807, 2.05) is 0 Å². The van der Waals surface area contributed by atoms with Crippen LogP contribution < -0.4 is 10.6 Å². The van der Waals surface area contributed by atoms with Crippen LogP contribution in [0.5, 0.6) is 0 Å². The topological polar surface area (TPSA) is 122 Å². The highest BCUT2D eigenvalue weighted by Crippen LogP contribution is 2.05. The minimum absolute atomic E-state index is 0.0847. The van der Waals surface area contributed by atoms with Crippen LogP contribution in [-0.2, 0) is 23.9 Å². The molecule has 2 atom stereocenters. The Labute approximate surface area is 123 Å². The molecule has 0 aliphatic heterocycles. The Morgan fingerprint density at radius 3 is 2.10 bits per heavy atom. The van der Waals surface area contributed by atoms with Gasteiger partial charge in [-0.3, -0.25) is 14.4 Å². The SMILES string of the molecule is COC(=O)[C@@H](CCC(=O)O)NC(=O)[C@@H](NC(C)=O)C(C)C. The Hall–Kier alpha value is -2.12. The number of hydrogen-bond donors (Lipinski definition) is 3. The van der Waals surface area contributed by atoms with Crippen molar-refractivity contribution in [2.45, 2.75) is 45.7 Å². The molecule has 8 heteroatoms. The molecule has 0 aromatic carbocycles. The third-order valence-corrected chi connectivity index (χ3v) is 2.76. The summed E-state index contributed by atoms with van der Waals surface area (Å²) < 4.78 is 4.53. The number of methoxy groups -OCH3 is 1. The van der Waals surface area contributed by atoms with Gasteiger partial charge in [0.05, 0.1) is 7.11 Å². The molecule has 0 spiro atoms. The Bertz CT molecular complexity index is 407. The molecule has 0 unspecified atom stereocenters. The van der Waals surface area contributed by atoms with E-state index in [9.17, 15) is 19.2 Å². The van der Waals surface area contributed by atoms with Crippen molar-refractivity contribution >= 4 is 23.8 Å². The third-order valence-electron chi connectivity index (χ3n) is 2.76. The molecule has 0 heterocycles. The van der Waals surface area contributed by atoms with Crippen molar-refractivity contribution in [2.24, 2.45) is 5.92 Å². The zero-order valence-corrected chi connectivity index (χ0v) is 12.6. The van der Waals surface area contributed by atoms with Crippen molar-refractivity contribution in [3.63, 3.8) is 0 Å². The highest BCUT2D eigenvalue weighted by molar-refractivity contribution is 5.90. The number of rotatable bonds is 8. The normalized spacial score (nSPS) is 13.2. The Kier molecular flexibility index (Phi) is 8.03. The second-order valence-corrected chi connectivity index (χ2v) is 4.94. The summed E-state index contributed by atoms with van der Waals surface area (Å²) in [5.74, 6) is -2.92. The van der Waals surface area contributed by atoms with E-state index in [1.165, 1.54) is 6.92 Å². The molecule has 21 heavy (non-hydrogen) atoms. The van der Waals surface area contributed by atoms with Crippen LogP contribution in [0.4, 0.5) is 0 Å². The van der Waals surface area contributed by atoms with Gasteiger partial charge in [0.15, 0.2) is 0 Å². The molecular formula is C13H22N2O6. The lowest BCUT2D eigenvalue weighted by atomic mass is 10.0. The Morgan fingerprint density at radius 2 is 1.71 bits per heavy atom. The van der Waals surface area contributed by atoms with Gasteiger partial charge >= 0.3 is 11.9 Å². The predicted octanol–water partition coefficient (Wildman–Crippen LogP) is -0.330. The molecule has 2 amide bonds. The molecule has 0 saturated heterocycles. The molecule has 0 radical (unpaired) electrons. The number of carbonyl (C=O) groups excluding carboxylic acids is 3. The first kappa shape index (κ1) is 18.9. The number of carboxylic acid groups (broad SMARTS) is 1. The summed E-state index contributed by atoms with van der Waals surface area (Å²) in [6.45, 7) is 4.76. The van der Waals surface area contributed by atoms with Gasteiger partial charge in [0.2, 0.25) is 11.8 Å². The number of ether oxygens (including phenoxy) is 1. The molecule has 0 rings (SSSR count). The summed E-state index contributed by atoms with van der Waals surface area (Å²) in [4.78, 5) is 45.3. The molecule has 0 aliphatic rings. The number of amides is 2. The minimum atomic E-state index is -1.08. The van der Waals surface area contributed by atoms with E-state index in [0.717, 1.165) is 7.11 Å². The fraction of sp³-hybridized carbons (Fsp3) is 0.692. The van der Waals surface area contributed by atoms with Crippen LogP contribution in [0.3, 0.4) is 0 Å². The van der Waals surface area contributed by atoms with E-state index in [2.05, 4.69) is 15.4 Å². The van der Waals surface area contributed by atoms with Crippen molar-refractivity contribution in [1.29, 1.82) is 0 Å². The zero-order chi connectivity index (χ0) is 16.6. The summed E-state index contributed by atoms with van der Waals surface area (Å²) in [7, 11) is 1.15. The number of hydrogen-bond acceptors (Lipinski definition) is 5. The van der Waals surface area contributed by atoms with Gasteiger partial charge in [-0.15, -0.1) is 0 Å². The number of carbonyl (C=O) groups is 4. The van der Waals surface area contributed by atoms with Crippen molar-refractivity contribution in [1.82, 2.24) is 10.6 Å². The molecule has 0 saturated carbocycles. The molecule has 8 nitrogen and oxygen atoms in total. The van der Waals surface area contributed by atoms with Crippen molar-refractivity contribution in [3.8, 4) is 0 Å². The Balaban J connectivity index is 4.86. The quantitative estimate of drug-likeness (QED) is 0.528. The maximum atomic E-state index is 12.1. The summed E-state index contributed by atoms with van der Waals surface area (Å²) in [6, 6.07) is -1.87. The monoisotopic (exact) mass is 302 g/mol. The molecule has 3 N–H and O–H groups in total. The van der Waals surface area contributed by atoms with E-state index >= 15 is 0 Å². The summed E-state index contributed by atoms with van der Waals surface area (Å²) >= 11 is 0. The van der Waals surface area contributed by atoms with Crippen molar-refractivity contribution in [3.05, 3.63) is 0 Å². The lowest BCUT2D eigenvalue weighted by Gasteiger charge is -2.23. The van der Waals surface area contributed by atoms with Crippen LogP contribution in [0.2, 0.25) is 0 Å². The molecule has 0 bridgehead atoms. The molecule has 0 aromatic rings. The number of carboxylic acids is 1. The van der Waals surface area contributed by atoms with Crippen molar-refractivity contribution in [2.75, 3.05) is 7.11 Å².